The highest BCUT2D eigenvalue weighted by molar-refractivity contribution is 5.72. The first-order valence-electron chi connectivity index (χ1n) is 5.04. The molecule has 0 saturated carbocycles. The van der Waals surface area contributed by atoms with Crippen LogP contribution in [0, 0.1) is 0 Å². The van der Waals surface area contributed by atoms with Crippen LogP contribution in [0.3, 0.4) is 0 Å². The van der Waals surface area contributed by atoms with Gasteiger partial charge in [0.05, 0.1) is 12.6 Å². The monoisotopic (exact) mass is 227 g/mol. The van der Waals surface area contributed by atoms with Gasteiger partial charge in [-0.15, -0.1) is 0 Å². The van der Waals surface area contributed by atoms with E-state index >= 15 is 0 Å². The molecule has 1 fully saturated rings. The normalized spacial score (nSPS) is 24.8. The van der Waals surface area contributed by atoms with Crippen LogP contribution in [0.5, 0.6) is 0 Å². The van der Waals surface area contributed by atoms with Crippen molar-refractivity contribution in [2.45, 2.75) is 31.6 Å². The Labute approximate surface area is 91.2 Å². The van der Waals surface area contributed by atoms with Crippen molar-refractivity contribution < 1.29 is 14.6 Å². The average molecular weight is 227 g/mol. The zero-order valence-corrected chi connectivity index (χ0v) is 8.87. The fourth-order valence-electron chi connectivity index (χ4n) is 1.76. The Bertz CT molecular complexity index is 450. The number of ether oxygens (including phenoxy) is 1. The SMILES string of the molecule is Cn1cnn(CC2CCC(C(=O)O)O2)c1=O. The third-order valence-electron chi connectivity index (χ3n) is 2.65. The van der Waals surface area contributed by atoms with E-state index in [9.17, 15) is 9.59 Å². The highest BCUT2D eigenvalue weighted by atomic mass is 16.5. The lowest BCUT2D eigenvalue weighted by Gasteiger charge is -2.09. The van der Waals surface area contributed by atoms with Gasteiger partial charge in [-0.2, -0.15) is 5.10 Å². The van der Waals surface area contributed by atoms with Crippen molar-refractivity contribution in [1.29, 1.82) is 0 Å². The molecule has 2 atom stereocenters. The third kappa shape index (κ3) is 1.99. The van der Waals surface area contributed by atoms with Crippen LogP contribution < -0.4 is 5.69 Å². The first kappa shape index (κ1) is 10.9. The van der Waals surface area contributed by atoms with Crippen LogP contribution in [0.15, 0.2) is 11.1 Å². The molecule has 2 unspecified atom stereocenters. The highest BCUT2D eigenvalue weighted by Gasteiger charge is 2.31. The number of aliphatic carboxylic acids is 1. The lowest BCUT2D eigenvalue weighted by atomic mass is 10.2. The minimum absolute atomic E-state index is 0.220. The summed E-state index contributed by atoms with van der Waals surface area (Å²) >= 11 is 0. The Kier molecular flexibility index (Phi) is 2.78. The zero-order chi connectivity index (χ0) is 11.7. The van der Waals surface area contributed by atoms with Crippen LogP contribution in [0.25, 0.3) is 0 Å². The Morgan fingerprint density at radius 3 is 2.94 bits per heavy atom. The number of rotatable bonds is 3. The van der Waals surface area contributed by atoms with Crippen molar-refractivity contribution in [1.82, 2.24) is 14.3 Å². The van der Waals surface area contributed by atoms with Gasteiger partial charge in [-0.25, -0.2) is 14.3 Å². The highest BCUT2D eigenvalue weighted by Crippen LogP contribution is 2.20. The molecular weight excluding hydrogens is 214 g/mol. The van der Waals surface area contributed by atoms with Crippen LogP contribution >= 0.6 is 0 Å². The molecule has 0 aromatic carbocycles. The van der Waals surface area contributed by atoms with Crippen LogP contribution in [0.1, 0.15) is 12.8 Å². The van der Waals surface area contributed by atoms with E-state index in [2.05, 4.69) is 5.10 Å². The molecule has 2 heterocycles. The largest absolute Gasteiger partial charge is 0.479 e. The van der Waals surface area contributed by atoms with E-state index in [1.54, 1.807) is 7.05 Å². The van der Waals surface area contributed by atoms with E-state index in [1.165, 1.54) is 15.6 Å². The second-order valence-corrected chi connectivity index (χ2v) is 3.87. The Morgan fingerprint density at radius 1 is 1.69 bits per heavy atom. The number of aromatic nitrogens is 3. The topological polar surface area (TPSA) is 86.3 Å². The molecule has 0 bridgehead atoms. The predicted molar refractivity (Wildman–Crippen MR) is 53.0 cm³/mol. The first-order valence-corrected chi connectivity index (χ1v) is 5.04. The number of carboxylic acids is 1. The van der Waals surface area contributed by atoms with E-state index in [1.807, 2.05) is 0 Å². The summed E-state index contributed by atoms with van der Waals surface area (Å²) in [6, 6.07) is 0. The van der Waals surface area contributed by atoms with E-state index in [0.29, 0.717) is 19.4 Å². The van der Waals surface area contributed by atoms with E-state index in [-0.39, 0.29) is 11.8 Å². The number of hydrogen-bond donors (Lipinski definition) is 1. The van der Waals surface area contributed by atoms with Crippen LogP contribution in [0.2, 0.25) is 0 Å². The summed E-state index contributed by atoms with van der Waals surface area (Å²) in [6.07, 6.45) is 1.56. The fourth-order valence-corrected chi connectivity index (χ4v) is 1.76. The first-order chi connectivity index (χ1) is 7.58. The second-order valence-electron chi connectivity index (χ2n) is 3.87. The predicted octanol–water partition coefficient (Wildman–Crippen LogP) is -0.786. The minimum atomic E-state index is -0.948. The summed E-state index contributed by atoms with van der Waals surface area (Å²) in [5, 5.41) is 12.6. The fraction of sp³-hybridized carbons (Fsp3) is 0.667. The summed E-state index contributed by atoms with van der Waals surface area (Å²) in [5.74, 6) is -0.948. The van der Waals surface area contributed by atoms with Crippen molar-refractivity contribution in [3.8, 4) is 0 Å². The number of carbonyl (C=O) groups is 1. The molecule has 1 N–H and O–H groups in total. The molecule has 1 saturated heterocycles. The number of carboxylic acid groups (broad SMARTS) is 1. The van der Waals surface area contributed by atoms with Gasteiger partial charge in [0.25, 0.3) is 0 Å². The summed E-state index contributed by atoms with van der Waals surface area (Å²) in [6.45, 7) is 0.309. The van der Waals surface area contributed by atoms with E-state index < -0.39 is 12.1 Å². The lowest BCUT2D eigenvalue weighted by molar-refractivity contribution is -0.149. The molecule has 0 aliphatic carbocycles. The van der Waals surface area contributed by atoms with Crippen molar-refractivity contribution in [3.63, 3.8) is 0 Å². The Balaban J connectivity index is 2.00. The maximum atomic E-state index is 11.5. The molecular formula is C9H13N3O4. The molecule has 88 valence electrons. The zero-order valence-electron chi connectivity index (χ0n) is 8.87. The van der Waals surface area contributed by atoms with Gasteiger partial charge in [-0.05, 0) is 12.8 Å². The number of aryl methyl sites for hydroxylation is 1. The van der Waals surface area contributed by atoms with Crippen molar-refractivity contribution in [2.24, 2.45) is 7.05 Å². The van der Waals surface area contributed by atoms with Crippen LogP contribution in [-0.2, 0) is 23.1 Å². The molecule has 0 amide bonds. The third-order valence-corrected chi connectivity index (χ3v) is 2.65. The second kappa shape index (κ2) is 4.09. The van der Waals surface area contributed by atoms with E-state index in [4.69, 9.17) is 9.84 Å². The summed E-state index contributed by atoms with van der Waals surface area (Å²) in [5.41, 5.74) is -0.220. The van der Waals surface area contributed by atoms with Gasteiger partial charge >= 0.3 is 11.7 Å². The molecule has 1 aliphatic heterocycles. The summed E-state index contributed by atoms with van der Waals surface area (Å²) in [4.78, 5) is 22.1. The molecule has 1 aliphatic rings. The Morgan fingerprint density at radius 2 is 2.44 bits per heavy atom. The number of nitrogens with zero attached hydrogens (tertiary/aromatic N) is 3. The van der Waals surface area contributed by atoms with Crippen molar-refractivity contribution in [3.05, 3.63) is 16.8 Å². The van der Waals surface area contributed by atoms with Gasteiger partial charge in [-0.3, -0.25) is 4.57 Å². The van der Waals surface area contributed by atoms with Crippen molar-refractivity contribution in [2.75, 3.05) is 0 Å². The Hall–Kier alpha value is -1.63. The van der Waals surface area contributed by atoms with Gasteiger partial charge in [0, 0.05) is 7.05 Å². The van der Waals surface area contributed by atoms with Crippen LogP contribution in [-0.4, -0.2) is 37.6 Å². The molecule has 1 aromatic heterocycles. The molecule has 16 heavy (non-hydrogen) atoms. The average Bonchev–Trinajstić information content (AvgIpc) is 2.81. The van der Waals surface area contributed by atoms with Crippen molar-refractivity contribution >= 4 is 5.97 Å². The summed E-state index contributed by atoms with van der Waals surface area (Å²) < 4.78 is 7.93. The summed E-state index contributed by atoms with van der Waals surface area (Å²) in [7, 11) is 1.61. The minimum Gasteiger partial charge on any atom is -0.479 e. The quantitative estimate of drug-likeness (QED) is 0.731. The molecule has 2 rings (SSSR count). The number of hydrogen-bond acceptors (Lipinski definition) is 4. The molecule has 0 spiro atoms. The standard InChI is InChI=1S/C9H13N3O4/c1-11-5-10-12(9(11)15)4-6-2-3-7(16-6)8(13)14/h5-7H,2-4H2,1H3,(H,13,14). The lowest BCUT2D eigenvalue weighted by Crippen LogP contribution is -2.29. The maximum absolute atomic E-state index is 11.5. The molecule has 7 heteroatoms. The van der Waals surface area contributed by atoms with E-state index in [0.717, 1.165) is 0 Å². The van der Waals surface area contributed by atoms with Gasteiger partial charge < -0.3 is 9.84 Å². The molecule has 1 aromatic rings. The van der Waals surface area contributed by atoms with Gasteiger partial charge in [0.15, 0.2) is 6.10 Å². The van der Waals surface area contributed by atoms with Gasteiger partial charge in [0.2, 0.25) is 0 Å². The van der Waals surface area contributed by atoms with Gasteiger partial charge in [-0.1, -0.05) is 0 Å². The van der Waals surface area contributed by atoms with Crippen LogP contribution in [0.4, 0.5) is 0 Å². The van der Waals surface area contributed by atoms with Gasteiger partial charge in [0.1, 0.15) is 6.33 Å². The maximum Gasteiger partial charge on any atom is 0.345 e. The molecule has 7 nitrogen and oxygen atoms in total. The molecule has 0 radical (unpaired) electrons. The smallest absolute Gasteiger partial charge is 0.345 e.